The van der Waals surface area contributed by atoms with E-state index in [4.69, 9.17) is 21.0 Å². The molecule has 0 bridgehead atoms. The second-order valence-corrected chi connectivity index (χ2v) is 6.76. The van der Waals surface area contributed by atoms with Crippen LogP contribution in [0.2, 0.25) is 5.15 Å². The summed E-state index contributed by atoms with van der Waals surface area (Å²) in [6.45, 7) is 7.34. The van der Waals surface area contributed by atoms with Gasteiger partial charge in [0.2, 0.25) is 0 Å². The van der Waals surface area contributed by atoms with Gasteiger partial charge in [-0.2, -0.15) is 0 Å². The fourth-order valence-electron chi connectivity index (χ4n) is 2.59. The fraction of sp³-hybridized carbons (Fsp3) is 0. The molecule has 4 aromatic rings. The molecule has 0 aromatic carbocycles. The molecule has 0 spiro atoms. The van der Waals surface area contributed by atoms with Crippen LogP contribution < -0.4 is 0 Å². The lowest BCUT2D eigenvalue weighted by Gasteiger charge is -2.05. The number of thiazole rings is 1. The molecule has 0 radical (unpaired) electrons. The van der Waals surface area contributed by atoms with Crippen LogP contribution >= 0.6 is 22.9 Å². The van der Waals surface area contributed by atoms with E-state index in [9.17, 15) is 0 Å². The number of hydrogen-bond donors (Lipinski definition) is 0. The van der Waals surface area contributed by atoms with E-state index in [1.54, 1.807) is 30.8 Å². The van der Waals surface area contributed by atoms with Crippen LogP contribution in [0.25, 0.3) is 37.8 Å². The van der Waals surface area contributed by atoms with Gasteiger partial charge in [0, 0.05) is 29.4 Å². The molecule has 0 aliphatic heterocycles. The molecule has 0 amide bonds. The lowest BCUT2D eigenvalue weighted by atomic mass is 10.1. The monoisotopic (exact) mass is 393 g/mol. The SMILES string of the molecule is C=C/C=C(\N=C)c1nc(-c2sc(-c3cncnc3)nc2Cl)cc2occc12. The van der Waals surface area contributed by atoms with E-state index in [-0.39, 0.29) is 0 Å². The Hall–Kier alpha value is -3.16. The predicted octanol–water partition coefficient (Wildman–Crippen LogP) is 5.29. The third-order valence-corrected chi connectivity index (χ3v) is 5.28. The van der Waals surface area contributed by atoms with E-state index in [1.165, 1.54) is 17.7 Å². The van der Waals surface area contributed by atoms with Gasteiger partial charge >= 0.3 is 0 Å². The smallest absolute Gasteiger partial charge is 0.150 e. The van der Waals surface area contributed by atoms with Crippen molar-refractivity contribution in [2.75, 3.05) is 0 Å². The number of pyridine rings is 1. The summed E-state index contributed by atoms with van der Waals surface area (Å²) in [6.07, 6.45) is 9.83. The number of rotatable bonds is 5. The zero-order valence-electron chi connectivity index (χ0n) is 14.0. The lowest BCUT2D eigenvalue weighted by Crippen LogP contribution is -1.91. The highest BCUT2D eigenvalue weighted by Crippen LogP contribution is 2.39. The topological polar surface area (TPSA) is 77.1 Å². The van der Waals surface area contributed by atoms with Gasteiger partial charge in [-0.1, -0.05) is 24.3 Å². The second-order valence-electron chi connectivity index (χ2n) is 5.40. The quantitative estimate of drug-likeness (QED) is 0.340. The average molecular weight is 394 g/mol. The summed E-state index contributed by atoms with van der Waals surface area (Å²) < 4.78 is 5.59. The van der Waals surface area contributed by atoms with E-state index in [0.29, 0.717) is 32.8 Å². The largest absolute Gasteiger partial charge is 0.464 e. The van der Waals surface area contributed by atoms with Gasteiger partial charge in [0.1, 0.15) is 27.8 Å². The Bertz CT molecular complexity index is 1180. The Morgan fingerprint density at radius 2 is 2.07 bits per heavy atom. The minimum atomic E-state index is 0.351. The first-order chi connectivity index (χ1) is 13.2. The molecule has 0 saturated carbocycles. The summed E-state index contributed by atoms with van der Waals surface area (Å²) in [4.78, 5) is 22.0. The molecule has 27 heavy (non-hydrogen) atoms. The maximum atomic E-state index is 6.40. The van der Waals surface area contributed by atoms with Crippen molar-refractivity contribution in [1.29, 1.82) is 0 Å². The highest BCUT2D eigenvalue weighted by Gasteiger charge is 2.18. The number of fused-ring (bicyclic) bond motifs is 1. The molecule has 6 nitrogen and oxygen atoms in total. The van der Waals surface area contributed by atoms with Crippen LogP contribution in [0.1, 0.15) is 5.69 Å². The van der Waals surface area contributed by atoms with Gasteiger partial charge in [-0.3, -0.25) is 4.99 Å². The molecule has 4 heterocycles. The van der Waals surface area contributed by atoms with Crippen LogP contribution in [0.15, 0.2) is 65.3 Å². The molecule has 0 fully saturated rings. The van der Waals surface area contributed by atoms with Crippen LogP contribution in [0, 0.1) is 0 Å². The first-order valence-electron chi connectivity index (χ1n) is 7.81. The van der Waals surface area contributed by atoms with Crippen molar-refractivity contribution in [2.24, 2.45) is 4.99 Å². The van der Waals surface area contributed by atoms with Gasteiger partial charge in [-0.05, 0) is 18.9 Å². The molecular weight excluding hydrogens is 382 g/mol. The van der Waals surface area contributed by atoms with Crippen molar-refractivity contribution in [1.82, 2.24) is 19.9 Å². The number of allylic oxidation sites excluding steroid dienone is 2. The summed E-state index contributed by atoms with van der Waals surface area (Å²) in [5.74, 6) is 0. The molecule has 0 saturated heterocycles. The van der Waals surface area contributed by atoms with E-state index in [2.05, 4.69) is 33.2 Å². The van der Waals surface area contributed by atoms with Crippen LogP contribution in [0.5, 0.6) is 0 Å². The fourth-order valence-corrected chi connectivity index (χ4v) is 3.83. The predicted molar refractivity (Wildman–Crippen MR) is 109 cm³/mol. The zero-order chi connectivity index (χ0) is 18.8. The van der Waals surface area contributed by atoms with Gasteiger partial charge in [-0.25, -0.2) is 19.9 Å². The van der Waals surface area contributed by atoms with Crippen LogP contribution in [0.4, 0.5) is 0 Å². The number of hydrogen-bond acceptors (Lipinski definition) is 7. The van der Waals surface area contributed by atoms with Gasteiger partial charge in [0.05, 0.1) is 22.5 Å². The molecular formula is C19H12ClN5OS. The molecule has 0 aliphatic carbocycles. The Morgan fingerprint density at radius 1 is 1.26 bits per heavy atom. The van der Waals surface area contributed by atoms with Crippen molar-refractivity contribution in [3.63, 3.8) is 0 Å². The minimum absolute atomic E-state index is 0.351. The van der Waals surface area contributed by atoms with Gasteiger partial charge in [0.25, 0.3) is 0 Å². The third-order valence-electron chi connectivity index (χ3n) is 3.77. The molecule has 0 aliphatic rings. The van der Waals surface area contributed by atoms with Gasteiger partial charge in [-0.15, -0.1) is 11.3 Å². The Morgan fingerprint density at radius 3 is 2.81 bits per heavy atom. The Balaban J connectivity index is 1.90. The molecule has 8 heteroatoms. The first kappa shape index (κ1) is 17.3. The summed E-state index contributed by atoms with van der Waals surface area (Å²) in [5, 5.41) is 1.89. The van der Waals surface area contributed by atoms with Crippen molar-refractivity contribution in [2.45, 2.75) is 0 Å². The van der Waals surface area contributed by atoms with E-state index >= 15 is 0 Å². The normalized spacial score (nSPS) is 11.7. The summed E-state index contributed by atoms with van der Waals surface area (Å²) in [5.41, 5.74) is 3.32. The number of furan rings is 1. The highest BCUT2D eigenvalue weighted by atomic mass is 35.5. The Kier molecular flexibility index (Phi) is 4.62. The van der Waals surface area contributed by atoms with Crippen LogP contribution in [-0.2, 0) is 0 Å². The standard InChI is InChI=1S/C19H12ClN5OS/c1-3-4-13(21-2)16-12-5-6-26-15(12)7-14(24-16)17-18(20)25-19(27-17)11-8-22-10-23-9-11/h3-10H,1-2H2/b13-4-. The van der Waals surface area contributed by atoms with Crippen molar-refractivity contribution in [3.8, 4) is 21.1 Å². The van der Waals surface area contributed by atoms with E-state index < -0.39 is 0 Å². The molecule has 4 rings (SSSR count). The van der Waals surface area contributed by atoms with Crippen molar-refractivity contribution in [3.05, 3.63) is 66.7 Å². The molecule has 0 N–H and O–H groups in total. The van der Waals surface area contributed by atoms with Crippen molar-refractivity contribution >= 4 is 46.3 Å². The van der Waals surface area contributed by atoms with E-state index in [1.807, 2.05) is 12.1 Å². The van der Waals surface area contributed by atoms with Crippen LogP contribution in [-0.4, -0.2) is 26.7 Å². The summed E-state index contributed by atoms with van der Waals surface area (Å²) >= 11 is 7.81. The zero-order valence-corrected chi connectivity index (χ0v) is 15.5. The summed E-state index contributed by atoms with van der Waals surface area (Å²) in [7, 11) is 0. The molecule has 0 unspecified atom stereocenters. The van der Waals surface area contributed by atoms with E-state index in [0.717, 1.165) is 15.8 Å². The number of aromatic nitrogens is 4. The maximum absolute atomic E-state index is 6.40. The number of aliphatic imine (C=N–C) groups is 1. The minimum Gasteiger partial charge on any atom is -0.464 e. The summed E-state index contributed by atoms with van der Waals surface area (Å²) in [6, 6.07) is 3.67. The number of nitrogens with zero attached hydrogens (tertiary/aromatic N) is 5. The number of halogens is 1. The van der Waals surface area contributed by atoms with Gasteiger partial charge in [0.15, 0.2) is 0 Å². The lowest BCUT2D eigenvalue weighted by molar-refractivity contribution is 0.615. The van der Waals surface area contributed by atoms with Crippen LogP contribution in [0.3, 0.4) is 0 Å². The average Bonchev–Trinajstić information content (AvgIpc) is 3.32. The first-order valence-corrected chi connectivity index (χ1v) is 9.01. The molecule has 0 atom stereocenters. The highest BCUT2D eigenvalue weighted by molar-refractivity contribution is 7.19. The van der Waals surface area contributed by atoms with Gasteiger partial charge < -0.3 is 4.42 Å². The van der Waals surface area contributed by atoms with Crippen molar-refractivity contribution < 1.29 is 4.42 Å². The maximum Gasteiger partial charge on any atom is 0.150 e. The third kappa shape index (κ3) is 3.18. The molecule has 4 aromatic heterocycles. The Labute approximate surface area is 163 Å². The second kappa shape index (κ2) is 7.22. The molecule has 132 valence electrons.